The Morgan fingerprint density at radius 2 is 0.540 bits per heavy atom. The molecule has 0 bridgehead atoms. The van der Waals surface area contributed by atoms with Gasteiger partial charge in [0.1, 0.15) is 38.9 Å². The van der Waals surface area contributed by atoms with E-state index < -0.39 is 15.8 Å². The molecule has 6 heteroatoms. The summed E-state index contributed by atoms with van der Waals surface area (Å²) in [5.74, 6) is 0. The molecule has 0 saturated heterocycles. The molecule has 0 spiro atoms. The zero-order valence-corrected chi connectivity index (χ0v) is 33.0. The molecule has 0 unspecified atom stereocenters. The van der Waals surface area contributed by atoms with Crippen molar-refractivity contribution in [1.29, 1.82) is 0 Å². The van der Waals surface area contributed by atoms with E-state index in [0.29, 0.717) is 0 Å². The van der Waals surface area contributed by atoms with Gasteiger partial charge in [0.25, 0.3) is 0 Å². The minimum absolute atomic E-state index is 0. The van der Waals surface area contributed by atoms with E-state index >= 15 is 0 Å². The third-order valence-electron chi connectivity index (χ3n) is 7.15. The SMILES string of the molecule is C[n+]1ccncc1.[CH3-].[CH3-].[CH3-].[Cu+2].[Cu+].c1ccc([PH+](c2ccccc2)c2ccccc2)cc1.c1ccc([PH+](c2ccccc2)c2ccccc2)cc1. The molecule has 2 nitrogen and oxygen atoms in total. The molecule has 0 N–H and O–H groups in total. The molecule has 1 heterocycles. The van der Waals surface area contributed by atoms with Crippen LogP contribution in [0.15, 0.2) is 207 Å². The quantitative estimate of drug-likeness (QED) is 0.0734. The van der Waals surface area contributed by atoms with Gasteiger partial charge in [-0.2, -0.15) is 0 Å². The number of rotatable bonds is 6. The van der Waals surface area contributed by atoms with Gasteiger partial charge in [-0.25, -0.2) is 4.57 Å². The molecule has 6 aromatic carbocycles. The molecule has 263 valence electrons. The van der Waals surface area contributed by atoms with E-state index in [2.05, 4.69) is 187 Å². The van der Waals surface area contributed by atoms with E-state index in [1.165, 1.54) is 31.8 Å². The smallest absolute Gasteiger partial charge is 0.358 e. The minimum Gasteiger partial charge on any atom is -0.358 e. The first-order valence-electron chi connectivity index (χ1n) is 15.1. The Kier molecular flexibility index (Phi) is 24.2. The molecular weight excluding hydrogens is 746 g/mol. The van der Waals surface area contributed by atoms with Crippen LogP contribution in [-0.2, 0) is 41.2 Å². The monoisotopic (exact) mass is 792 g/mol. The first kappa shape index (κ1) is 46.3. The van der Waals surface area contributed by atoms with Gasteiger partial charge in [-0.1, -0.05) is 109 Å². The summed E-state index contributed by atoms with van der Waals surface area (Å²) < 4.78 is 1.94. The van der Waals surface area contributed by atoms with Crippen LogP contribution in [0.3, 0.4) is 0 Å². The summed E-state index contributed by atoms with van der Waals surface area (Å²) >= 11 is 0. The molecule has 50 heavy (non-hydrogen) atoms. The van der Waals surface area contributed by atoms with E-state index in [0.717, 1.165) is 0 Å². The Labute approximate surface area is 325 Å². The van der Waals surface area contributed by atoms with Gasteiger partial charge in [-0.15, -0.1) is 0 Å². The normalized spacial score (nSPS) is 9.26. The number of nitrogens with zero attached hydrogens (tertiary/aromatic N) is 2. The van der Waals surface area contributed by atoms with Crippen molar-refractivity contribution in [2.24, 2.45) is 7.05 Å². The summed E-state index contributed by atoms with van der Waals surface area (Å²) in [7, 11) is 0.205. The molecule has 7 aromatic rings. The number of aromatic nitrogens is 2. The van der Waals surface area contributed by atoms with E-state index in [-0.39, 0.29) is 56.4 Å². The summed E-state index contributed by atoms with van der Waals surface area (Å²) in [6.07, 6.45) is 7.28. The maximum atomic E-state index is 3.82. The van der Waals surface area contributed by atoms with Crippen LogP contribution in [0.5, 0.6) is 0 Å². The molecule has 0 aliphatic rings. The maximum Gasteiger partial charge on any atom is 2.00 e. The Balaban J connectivity index is 0.000000744. The fraction of sp³-hybridized carbons (Fsp3) is 0.0227. The molecule has 1 aromatic heterocycles. The van der Waals surface area contributed by atoms with Gasteiger partial charge in [0.05, 0.1) is 28.2 Å². The standard InChI is InChI=1S/2C18H15P.C5H7N2.3CH3.2Cu/c2*1-4-10-16(11-5-1)19(17-12-6-2-7-13-17)18-14-8-3-9-15-18;1-7-4-2-6-3-5-7;;;;;/h2*1-15H;2-5H,1H3;3*1H3;;/q;;+1;3*-1;+1;+2/p+2. The molecule has 0 atom stereocenters. The van der Waals surface area contributed by atoms with Crippen molar-refractivity contribution in [3.8, 4) is 0 Å². The largest absolute Gasteiger partial charge is 2.00 e. The Morgan fingerprint density at radius 1 is 0.360 bits per heavy atom. The molecule has 0 aliphatic carbocycles. The molecular formula is C44H48Cu2N2P2+3. The second-order valence-corrected chi connectivity index (χ2v) is 15.3. The third kappa shape index (κ3) is 14.3. The number of aryl methyl sites for hydroxylation is 1. The Bertz CT molecular complexity index is 1480. The van der Waals surface area contributed by atoms with Crippen LogP contribution in [-0.4, -0.2) is 4.98 Å². The molecule has 1 radical (unpaired) electrons. The minimum atomic E-state index is -0.877. The van der Waals surface area contributed by atoms with Crippen molar-refractivity contribution < 1.29 is 38.7 Å². The molecule has 0 aliphatic heterocycles. The predicted octanol–water partition coefficient (Wildman–Crippen LogP) is 7.61. The van der Waals surface area contributed by atoms with Crippen LogP contribution >= 0.6 is 15.8 Å². The number of hydrogen-bond acceptors (Lipinski definition) is 1. The van der Waals surface area contributed by atoms with Crippen molar-refractivity contribution in [3.05, 3.63) is 229 Å². The van der Waals surface area contributed by atoms with E-state index in [4.69, 9.17) is 0 Å². The van der Waals surface area contributed by atoms with E-state index in [1.54, 1.807) is 12.4 Å². The topological polar surface area (TPSA) is 16.8 Å². The Morgan fingerprint density at radius 3 is 0.680 bits per heavy atom. The van der Waals surface area contributed by atoms with Gasteiger partial charge < -0.3 is 22.3 Å². The Hall–Kier alpha value is -3.70. The van der Waals surface area contributed by atoms with Gasteiger partial charge in [0.15, 0.2) is 12.4 Å². The zero-order valence-electron chi connectivity index (χ0n) is 29.1. The zero-order chi connectivity index (χ0) is 30.9. The van der Waals surface area contributed by atoms with Crippen LogP contribution in [0.1, 0.15) is 0 Å². The van der Waals surface area contributed by atoms with Crippen LogP contribution in [0.2, 0.25) is 0 Å². The average molecular weight is 794 g/mol. The van der Waals surface area contributed by atoms with Gasteiger partial charge in [0, 0.05) is 0 Å². The molecule has 7 rings (SSSR count). The van der Waals surface area contributed by atoms with Crippen LogP contribution in [0.4, 0.5) is 0 Å². The summed E-state index contributed by atoms with van der Waals surface area (Å²) in [4.78, 5) is 3.82. The fourth-order valence-electron chi connectivity index (χ4n) is 5.02. The van der Waals surface area contributed by atoms with Crippen molar-refractivity contribution in [2.75, 3.05) is 0 Å². The molecule has 0 saturated carbocycles. The van der Waals surface area contributed by atoms with Crippen molar-refractivity contribution in [2.45, 2.75) is 0 Å². The van der Waals surface area contributed by atoms with Gasteiger partial charge in [-0.3, -0.25) is 4.98 Å². The van der Waals surface area contributed by atoms with Crippen molar-refractivity contribution in [1.82, 2.24) is 4.98 Å². The third-order valence-corrected chi connectivity index (χ3v) is 12.6. The summed E-state index contributed by atoms with van der Waals surface area (Å²) in [6, 6.07) is 65.0. The molecule has 0 fully saturated rings. The fourth-order valence-corrected chi connectivity index (χ4v) is 10.2. The maximum absolute atomic E-state index is 3.82. The van der Waals surface area contributed by atoms with Crippen molar-refractivity contribution in [3.63, 3.8) is 0 Å². The second-order valence-electron chi connectivity index (χ2n) is 10.4. The van der Waals surface area contributed by atoms with Crippen LogP contribution in [0, 0.1) is 22.3 Å². The number of hydrogen-bond donors (Lipinski definition) is 0. The van der Waals surface area contributed by atoms with Crippen LogP contribution in [0.25, 0.3) is 0 Å². The van der Waals surface area contributed by atoms with Crippen molar-refractivity contribution >= 4 is 47.7 Å². The van der Waals surface area contributed by atoms with E-state index in [9.17, 15) is 0 Å². The average Bonchev–Trinajstić information content (AvgIpc) is 3.12. The summed E-state index contributed by atoms with van der Waals surface area (Å²) in [5.41, 5.74) is 0. The van der Waals surface area contributed by atoms with Gasteiger partial charge in [0.2, 0.25) is 0 Å². The predicted molar refractivity (Wildman–Crippen MR) is 218 cm³/mol. The summed E-state index contributed by atoms with van der Waals surface area (Å²) in [6.45, 7) is 0. The van der Waals surface area contributed by atoms with Gasteiger partial charge in [-0.05, 0) is 72.8 Å². The summed E-state index contributed by atoms with van der Waals surface area (Å²) in [5, 5.41) is 8.61. The first-order valence-corrected chi connectivity index (χ1v) is 18.1. The van der Waals surface area contributed by atoms with E-state index in [1.807, 2.05) is 24.0 Å². The van der Waals surface area contributed by atoms with Gasteiger partial charge >= 0.3 is 34.1 Å². The number of benzene rings is 6. The van der Waals surface area contributed by atoms with Crippen LogP contribution < -0.4 is 36.4 Å². The second kappa shape index (κ2) is 26.2. The first-order chi connectivity index (χ1) is 22.3. The molecule has 0 amide bonds.